The number of nitrogens with zero attached hydrogens (tertiary/aromatic N) is 1. The van der Waals surface area contributed by atoms with Crippen LogP contribution >= 0.6 is 0 Å². The van der Waals surface area contributed by atoms with Gasteiger partial charge in [0.25, 0.3) is 0 Å². The third-order valence-electron chi connectivity index (χ3n) is 1.79. The Morgan fingerprint density at radius 2 is 2.00 bits per heavy atom. The van der Waals surface area contributed by atoms with Crippen molar-refractivity contribution in [3.8, 4) is 11.4 Å². The van der Waals surface area contributed by atoms with Crippen LogP contribution in [0.15, 0.2) is 29.1 Å². The summed E-state index contributed by atoms with van der Waals surface area (Å²) < 4.78 is 0. The summed E-state index contributed by atoms with van der Waals surface area (Å²) in [6, 6.07) is 7.79. The number of nitrogens with one attached hydrogen (secondary N) is 2. The van der Waals surface area contributed by atoms with Crippen molar-refractivity contribution >= 4 is 0 Å². The standard InChI is InChI=1S/C9H9N3O.C2H6/c1-6-3-2-4-7(5-6)8-10-9(13)12-11-8;1-2/h2-5H,1H3,(H2,10,11,12,13);1-2H3. The van der Waals surface area contributed by atoms with Gasteiger partial charge in [0.05, 0.1) is 0 Å². The van der Waals surface area contributed by atoms with Crippen molar-refractivity contribution in [2.24, 2.45) is 0 Å². The van der Waals surface area contributed by atoms with Crippen molar-refractivity contribution in [1.82, 2.24) is 15.2 Å². The maximum atomic E-state index is 10.8. The fourth-order valence-electron chi connectivity index (χ4n) is 1.20. The molecule has 0 saturated carbocycles. The molecule has 1 aromatic heterocycles. The van der Waals surface area contributed by atoms with E-state index in [1.54, 1.807) is 0 Å². The van der Waals surface area contributed by atoms with E-state index >= 15 is 0 Å². The Labute approximate surface area is 88.4 Å². The summed E-state index contributed by atoms with van der Waals surface area (Å²) in [4.78, 5) is 13.4. The summed E-state index contributed by atoms with van der Waals surface area (Å²) in [6.45, 7) is 5.99. The van der Waals surface area contributed by atoms with Gasteiger partial charge in [0.2, 0.25) is 0 Å². The van der Waals surface area contributed by atoms with Crippen LogP contribution in [0.25, 0.3) is 11.4 Å². The quantitative estimate of drug-likeness (QED) is 0.748. The Kier molecular flexibility index (Phi) is 3.85. The number of aromatic nitrogens is 3. The Bertz CT molecular complexity index is 470. The first-order valence-electron chi connectivity index (χ1n) is 4.97. The van der Waals surface area contributed by atoms with Gasteiger partial charge in [0.1, 0.15) is 0 Å². The van der Waals surface area contributed by atoms with E-state index in [4.69, 9.17) is 0 Å². The van der Waals surface area contributed by atoms with Gasteiger partial charge in [0, 0.05) is 5.56 Å². The second-order valence-corrected chi connectivity index (χ2v) is 2.90. The maximum absolute atomic E-state index is 10.8. The van der Waals surface area contributed by atoms with Crippen LogP contribution in [0.4, 0.5) is 0 Å². The van der Waals surface area contributed by atoms with Gasteiger partial charge in [-0.05, 0) is 13.0 Å². The summed E-state index contributed by atoms with van der Waals surface area (Å²) >= 11 is 0. The molecule has 2 aromatic rings. The zero-order valence-corrected chi connectivity index (χ0v) is 9.16. The van der Waals surface area contributed by atoms with Gasteiger partial charge < -0.3 is 0 Å². The molecule has 4 heteroatoms. The average molecular weight is 205 g/mol. The molecular weight excluding hydrogens is 190 g/mol. The summed E-state index contributed by atoms with van der Waals surface area (Å²) in [5.74, 6) is 0.578. The van der Waals surface area contributed by atoms with Crippen molar-refractivity contribution in [3.63, 3.8) is 0 Å². The molecule has 0 aliphatic rings. The SMILES string of the molecule is CC.Cc1cccc(-c2n[nH]c(=O)[nH]2)c1. The third-order valence-corrected chi connectivity index (χ3v) is 1.79. The van der Waals surface area contributed by atoms with Crippen LogP contribution in [0.2, 0.25) is 0 Å². The van der Waals surface area contributed by atoms with E-state index < -0.39 is 0 Å². The third kappa shape index (κ3) is 2.80. The lowest BCUT2D eigenvalue weighted by Crippen LogP contribution is -2.00. The highest BCUT2D eigenvalue weighted by Crippen LogP contribution is 2.13. The van der Waals surface area contributed by atoms with Gasteiger partial charge in [-0.2, -0.15) is 5.10 Å². The monoisotopic (exact) mass is 205 g/mol. The molecule has 15 heavy (non-hydrogen) atoms. The molecule has 1 aromatic carbocycles. The first-order chi connectivity index (χ1) is 7.25. The second-order valence-electron chi connectivity index (χ2n) is 2.90. The van der Waals surface area contributed by atoms with Crippen molar-refractivity contribution in [2.75, 3.05) is 0 Å². The zero-order valence-electron chi connectivity index (χ0n) is 9.16. The predicted octanol–water partition coefficient (Wildman–Crippen LogP) is 2.10. The highest BCUT2D eigenvalue weighted by molar-refractivity contribution is 5.54. The van der Waals surface area contributed by atoms with Gasteiger partial charge in [0.15, 0.2) is 5.82 Å². The molecule has 0 saturated heterocycles. The average Bonchev–Trinajstić information content (AvgIpc) is 2.68. The molecule has 0 spiro atoms. The first-order valence-corrected chi connectivity index (χ1v) is 4.97. The Hall–Kier alpha value is -1.84. The number of aromatic amines is 2. The molecule has 0 atom stereocenters. The largest absolute Gasteiger partial charge is 0.340 e. The number of rotatable bonds is 1. The highest BCUT2D eigenvalue weighted by Gasteiger charge is 2.00. The molecule has 0 fully saturated rings. The topological polar surface area (TPSA) is 61.5 Å². The first kappa shape index (κ1) is 11.2. The molecular formula is C11H15N3O. The summed E-state index contributed by atoms with van der Waals surface area (Å²) in [5.41, 5.74) is 1.77. The highest BCUT2D eigenvalue weighted by atomic mass is 16.1. The Morgan fingerprint density at radius 3 is 2.53 bits per heavy atom. The molecule has 80 valence electrons. The Morgan fingerprint density at radius 1 is 1.27 bits per heavy atom. The lowest BCUT2D eigenvalue weighted by molar-refractivity contribution is 1.05. The smallest absolute Gasteiger partial charge is 0.289 e. The van der Waals surface area contributed by atoms with Crippen molar-refractivity contribution < 1.29 is 0 Å². The predicted molar refractivity (Wildman–Crippen MR) is 60.7 cm³/mol. The molecule has 0 bridgehead atoms. The molecule has 0 unspecified atom stereocenters. The number of H-pyrrole nitrogens is 2. The number of hydrogen-bond acceptors (Lipinski definition) is 2. The molecule has 0 amide bonds. The minimum absolute atomic E-state index is 0.281. The molecule has 4 nitrogen and oxygen atoms in total. The molecule has 0 radical (unpaired) electrons. The molecule has 2 rings (SSSR count). The van der Waals surface area contributed by atoms with Crippen molar-refractivity contribution in [1.29, 1.82) is 0 Å². The van der Waals surface area contributed by atoms with Crippen LogP contribution in [0.5, 0.6) is 0 Å². The van der Waals surface area contributed by atoms with Crippen LogP contribution in [-0.2, 0) is 0 Å². The Balaban J connectivity index is 0.000000531. The summed E-state index contributed by atoms with van der Waals surface area (Å²) in [6.07, 6.45) is 0. The van der Waals surface area contributed by atoms with Crippen molar-refractivity contribution in [3.05, 3.63) is 40.3 Å². The second kappa shape index (κ2) is 5.14. The van der Waals surface area contributed by atoms with Crippen LogP contribution in [-0.4, -0.2) is 15.2 Å². The lowest BCUT2D eigenvalue weighted by atomic mass is 10.1. The number of benzene rings is 1. The minimum atomic E-state index is -0.281. The van der Waals surface area contributed by atoms with Gasteiger partial charge in [-0.1, -0.05) is 37.6 Å². The van der Waals surface area contributed by atoms with E-state index in [1.165, 1.54) is 0 Å². The van der Waals surface area contributed by atoms with E-state index in [2.05, 4.69) is 15.2 Å². The fraction of sp³-hybridized carbons (Fsp3) is 0.273. The van der Waals surface area contributed by atoms with E-state index in [9.17, 15) is 4.79 Å². The lowest BCUT2D eigenvalue weighted by Gasteiger charge is -1.95. The van der Waals surface area contributed by atoms with Crippen LogP contribution in [0.3, 0.4) is 0 Å². The number of hydrogen-bond donors (Lipinski definition) is 2. The minimum Gasteiger partial charge on any atom is -0.289 e. The van der Waals surface area contributed by atoms with E-state index in [0.29, 0.717) is 5.82 Å². The van der Waals surface area contributed by atoms with Crippen LogP contribution in [0, 0.1) is 6.92 Å². The molecule has 0 aliphatic carbocycles. The normalized spacial score (nSPS) is 9.27. The molecule has 1 heterocycles. The maximum Gasteiger partial charge on any atom is 0.340 e. The zero-order chi connectivity index (χ0) is 11.3. The summed E-state index contributed by atoms with van der Waals surface area (Å²) in [5, 5.41) is 6.16. The summed E-state index contributed by atoms with van der Waals surface area (Å²) in [7, 11) is 0. The van der Waals surface area contributed by atoms with Gasteiger partial charge in [-0.3, -0.25) is 4.98 Å². The van der Waals surface area contributed by atoms with Gasteiger partial charge >= 0.3 is 5.69 Å². The molecule has 0 aliphatic heterocycles. The van der Waals surface area contributed by atoms with Crippen LogP contribution in [0.1, 0.15) is 19.4 Å². The van der Waals surface area contributed by atoms with E-state index in [1.807, 2.05) is 45.0 Å². The van der Waals surface area contributed by atoms with Crippen LogP contribution < -0.4 is 5.69 Å². The fourth-order valence-corrected chi connectivity index (χ4v) is 1.20. The van der Waals surface area contributed by atoms with E-state index in [0.717, 1.165) is 11.1 Å². The molecule has 2 N–H and O–H groups in total. The van der Waals surface area contributed by atoms with Crippen molar-refractivity contribution in [2.45, 2.75) is 20.8 Å². The van der Waals surface area contributed by atoms with Gasteiger partial charge in [-0.25, -0.2) is 9.89 Å². The number of aryl methyl sites for hydroxylation is 1. The van der Waals surface area contributed by atoms with Gasteiger partial charge in [-0.15, -0.1) is 0 Å². The van der Waals surface area contributed by atoms with E-state index in [-0.39, 0.29) is 5.69 Å².